The van der Waals surface area contributed by atoms with E-state index in [1.54, 1.807) is 11.0 Å². The topological polar surface area (TPSA) is 101 Å². The van der Waals surface area contributed by atoms with Gasteiger partial charge < -0.3 is 20.3 Å². The Kier molecular flexibility index (Phi) is 7.82. The van der Waals surface area contributed by atoms with E-state index in [0.29, 0.717) is 35.3 Å². The number of benzene rings is 2. The number of pyridine rings is 1. The fourth-order valence-corrected chi connectivity index (χ4v) is 6.06. The number of fused-ring (bicyclic) bond motifs is 1. The van der Waals surface area contributed by atoms with E-state index in [9.17, 15) is 31.9 Å². The molecule has 5 rings (SSSR count). The molecule has 224 valence electrons. The number of carbonyl (C=O) groups excluding carboxylic acids is 3. The highest BCUT2D eigenvalue weighted by atomic mass is 35.5. The third kappa shape index (κ3) is 6.13. The number of likely N-dealkylation sites (tertiary alicyclic amines) is 1. The zero-order valence-electron chi connectivity index (χ0n) is 22.9. The summed E-state index contributed by atoms with van der Waals surface area (Å²) < 4.78 is 59.3. The van der Waals surface area contributed by atoms with Gasteiger partial charge in [-0.2, -0.15) is 13.2 Å². The highest BCUT2D eigenvalue weighted by molar-refractivity contribution is 7.21. The Morgan fingerprint density at radius 1 is 1.05 bits per heavy atom. The first-order chi connectivity index (χ1) is 20.2. The Labute approximate surface area is 251 Å². The number of anilines is 2. The van der Waals surface area contributed by atoms with Crippen molar-refractivity contribution in [1.29, 1.82) is 0 Å². The molecule has 0 atom stereocenters. The third-order valence-electron chi connectivity index (χ3n) is 6.73. The zero-order chi connectivity index (χ0) is 31.3. The minimum atomic E-state index is -4.98. The molecule has 0 radical (unpaired) electrons. The number of aromatic nitrogens is 1. The SMILES string of the molecule is COc1ccc(C(=O)N2CC(C)(C)C2)cc1C(=O)Nc1c(C(=O)Nc2ccc(F)c(C(F)(F)F)c2)sc2cc(Cl)ncc12. The molecule has 1 saturated heterocycles. The van der Waals surface area contributed by atoms with E-state index in [1.807, 2.05) is 13.8 Å². The molecule has 4 aromatic rings. The van der Waals surface area contributed by atoms with Crippen LogP contribution in [0, 0.1) is 11.2 Å². The summed E-state index contributed by atoms with van der Waals surface area (Å²) in [5.74, 6) is -3.18. The average molecular weight is 635 g/mol. The zero-order valence-corrected chi connectivity index (χ0v) is 24.4. The fraction of sp³-hybridized carbons (Fsp3) is 0.241. The van der Waals surface area contributed by atoms with E-state index in [-0.39, 0.29) is 49.6 Å². The molecule has 2 aromatic carbocycles. The predicted octanol–water partition coefficient (Wildman–Crippen LogP) is 7.10. The number of rotatable bonds is 6. The van der Waals surface area contributed by atoms with Crippen LogP contribution in [0.5, 0.6) is 5.75 Å². The Balaban J connectivity index is 1.49. The largest absolute Gasteiger partial charge is 0.496 e. The second-order valence-electron chi connectivity index (χ2n) is 10.7. The van der Waals surface area contributed by atoms with Gasteiger partial charge in [-0.05, 0) is 47.9 Å². The Morgan fingerprint density at radius 3 is 2.42 bits per heavy atom. The van der Waals surface area contributed by atoms with Crippen molar-refractivity contribution >= 4 is 62.1 Å². The number of nitrogens with one attached hydrogen (secondary N) is 2. The lowest BCUT2D eigenvalue weighted by molar-refractivity contribution is -0.139. The maximum Gasteiger partial charge on any atom is 0.419 e. The van der Waals surface area contributed by atoms with E-state index in [4.69, 9.17) is 16.3 Å². The van der Waals surface area contributed by atoms with Crippen molar-refractivity contribution in [2.24, 2.45) is 5.41 Å². The molecule has 1 fully saturated rings. The molecule has 1 aliphatic heterocycles. The van der Waals surface area contributed by atoms with Crippen LogP contribution >= 0.6 is 22.9 Å². The lowest BCUT2D eigenvalue weighted by atomic mass is 9.84. The number of ether oxygens (including phenoxy) is 1. The number of methoxy groups -OCH3 is 1. The van der Waals surface area contributed by atoms with Crippen LogP contribution in [0.1, 0.15) is 49.8 Å². The standard InChI is InChI=1S/C29H23ClF4N4O4S/c1-28(2)12-38(13-28)27(41)14-4-7-20(42-3)16(8-14)25(39)37-23-17-11-35-22(30)10-21(17)43-24(23)26(40)36-15-5-6-19(31)18(9-15)29(32,33)34/h4-11H,12-13H2,1-3H3,(H,36,40)(H,37,39). The van der Waals surface area contributed by atoms with Crippen molar-refractivity contribution in [3.8, 4) is 5.75 Å². The molecule has 0 aliphatic carbocycles. The molecule has 43 heavy (non-hydrogen) atoms. The van der Waals surface area contributed by atoms with Crippen molar-refractivity contribution in [2.45, 2.75) is 20.0 Å². The first-order valence-electron chi connectivity index (χ1n) is 12.7. The molecule has 3 heterocycles. The van der Waals surface area contributed by atoms with Crippen molar-refractivity contribution < 1.29 is 36.7 Å². The number of hydrogen-bond acceptors (Lipinski definition) is 6. The summed E-state index contributed by atoms with van der Waals surface area (Å²) in [5, 5.41) is 5.44. The maximum absolute atomic E-state index is 13.8. The molecule has 2 N–H and O–H groups in total. The number of hydrogen-bond donors (Lipinski definition) is 2. The molecule has 0 spiro atoms. The van der Waals surface area contributed by atoms with Gasteiger partial charge in [-0.15, -0.1) is 11.3 Å². The highest BCUT2D eigenvalue weighted by Crippen LogP contribution is 2.39. The van der Waals surface area contributed by atoms with E-state index < -0.39 is 29.4 Å². The van der Waals surface area contributed by atoms with Gasteiger partial charge >= 0.3 is 6.18 Å². The van der Waals surface area contributed by atoms with Gasteiger partial charge in [-0.3, -0.25) is 14.4 Å². The Bertz CT molecular complexity index is 1780. The lowest BCUT2D eigenvalue weighted by Gasteiger charge is -2.45. The maximum atomic E-state index is 13.8. The van der Waals surface area contributed by atoms with Crippen molar-refractivity contribution in [1.82, 2.24) is 9.88 Å². The molecule has 1 aliphatic rings. The van der Waals surface area contributed by atoms with Gasteiger partial charge in [0.05, 0.1) is 23.9 Å². The summed E-state index contributed by atoms with van der Waals surface area (Å²) in [6.45, 7) is 5.20. The number of nitrogens with zero attached hydrogens (tertiary/aromatic N) is 2. The van der Waals surface area contributed by atoms with Crippen LogP contribution in [0.15, 0.2) is 48.7 Å². The molecule has 0 saturated carbocycles. The average Bonchev–Trinajstić information content (AvgIpc) is 3.28. The molecular formula is C29H23ClF4N4O4S. The Morgan fingerprint density at radius 2 is 1.77 bits per heavy atom. The smallest absolute Gasteiger partial charge is 0.419 e. The second-order valence-corrected chi connectivity index (χ2v) is 12.1. The van der Waals surface area contributed by atoms with Crippen LogP contribution in [0.2, 0.25) is 5.15 Å². The molecule has 8 nitrogen and oxygen atoms in total. The molecule has 0 unspecified atom stereocenters. The van der Waals surface area contributed by atoms with Crippen LogP contribution in [0.3, 0.4) is 0 Å². The van der Waals surface area contributed by atoms with Gasteiger partial charge in [0.25, 0.3) is 17.7 Å². The number of amides is 3. The first kappa shape index (κ1) is 30.2. The summed E-state index contributed by atoms with van der Waals surface area (Å²) in [4.78, 5) is 45.6. The van der Waals surface area contributed by atoms with Crippen molar-refractivity contribution in [3.63, 3.8) is 0 Å². The highest BCUT2D eigenvalue weighted by Gasteiger charge is 2.38. The summed E-state index contributed by atoms with van der Waals surface area (Å²) >= 11 is 6.93. The quantitative estimate of drug-likeness (QED) is 0.174. The van der Waals surface area contributed by atoms with Crippen molar-refractivity contribution in [2.75, 3.05) is 30.8 Å². The van der Waals surface area contributed by atoms with Crippen molar-refractivity contribution in [3.05, 3.63) is 81.2 Å². The van der Waals surface area contributed by atoms with Gasteiger partial charge in [0.2, 0.25) is 0 Å². The molecule has 14 heteroatoms. The lowest BCUT2D eigenvalue weighted by Crippen LogP contribution is -2.55. The minimum absolute atomic E-state index is 0.00152. The summed E-state index contributed by atoms with van der Waals surface area (Å²) in [6, 6.07) is 7.94. The fourth-order valence-electron chi connectivity index (χ4n) is 4.77. The minimum Gasteiger partial charge on any atom is -0.496 e. The number of alkyl halides is 3. The molecule has 0 bridgehead atoms. The summed E-state index contributed by atoms with van der Waals surface area (Å²) in [6.07, 6.45) is -3.65. The number of carbonyl (C=O) groups is 3. The molecule has 3 amide bonds. The monoisotopic (exact) mass is 634 g/mol. The van der Waals surface area contributed by atoms with E-state index in [0.717, 1.165) is 17.4 Å². The van der Waals surface area contributed by atoms with Crippen LogP contribution in [0.25, 0.3) is 10.1 Å². The van der Waals surface area contributed by atoms with Gasteiger partial charge in [-0.1, -0.05) is 25.4 Å². The third-order valence-corrected chi connectivity index (χ3v) is 8.09. The number of thiophene rings is 1. The number of halogens is 5. The summed E-state index contributed by atoms with van der Waals surface area (Å²) in [5.41, 5.74) is -1.58. The van der Waals surface area contributed by atoms with Gasteiger partial charge in [-0.25, -0.2) is 9.37 Å². The second kappa shape index (κ2) is 11.1. The van der Waals surface area contributed by atoms with E-state index in [2.05, 4.69) is 15.6 Å². The normalized spacial score (nSPS) is 14.3. The Hall–Kier alpha value is -4.23. The van der Waals surface area contributed by atoms with E-state index in [1.165, 1.54) is 31.5 Å². The molecule has 2 aromatic heterocycles. The van der Waals surface area contributed by atoms with Gasteiger partial charge in [0.1, 0.15) is 21.6 Å². The first-order valence-corrected chi connectivity index (χ1v) is 13.9. The van der Waals surface area contributed by atoms with Crippen LogP contribution < -0.4 is 15.4 Å². The van der Waals surface area contributed by atoms with Crippen LogP contribution in [-0.4, -0.2) is 47.8 Å². The van der Waals surface area contributed by atoms with Gasteiger partial charge in [0, 0.05) is 40.6 Å². The van der Waals surface area contributed by atoms with Gasteiger partial charge in [0.15, 0.2) is 0 Å². The molecular weight excluding hydrogens is 612 g/mol. The predicted molar refractivity (Wildman–Crippen MR) is 155 cm³/mol. The summed E-state index contributed by atoms with van der Waals surface area (Å²) in [7, 11) is 1.36. The van der Waals surface area contributed by atoms with Crippen LogP contribution in [0.4, 0.5) is 28.9 Å². The van der Waals surface area contributed by atoms with E-state index >= 15 is 0 Å². The van der Waals surface area contributed by atoms with Crippen LogP contribution in [-0.2, 0) is 6.18 Å².